The van der Waals surface area contributed by atoms with E-state index in [1.807, 2.05) is 0 Å². The smallest absolute Gasteiger partial charge is 0.305 e. The number of hydrogen-bond donors (Lipinski definition) is 2. The Hall–Kier alpha value is -1.60. The summed E-state index contributed by atoms with van der Waals surface area (Å²) < 4.78 is 26.0. The largest absolute Gasteiger partial charge is 0.329 e. The van der Waals surface area contributed by atoms with Gasteiger partial charge in [-0.1, -0.05) is 0 Å². The normalized spacial score (nSPS) is 12.5. The van der Waals surface area contributed by atoms with E-state index in [4.69, 9.17) is 11.5 Å². The first-order chi connectivity index (χ1) is 6.97. The maximum absolute atomic E-state index is 13.1. The van der Waals surface area contributed by atoms with Crippen molar-refractivity contribution in [1.29, 1.82) is 0 Å². The van der Waals surface area contributed by atoms with Crippen molar-refractivity contribution < 1.29 is 13.7 Å². The average molecular weight is 217 g/mol. The Morgan fingerprint density at radius 3 is 2.47 bits per heavy atom. The third-order valence-electron chi connectivity index (χ3n) is 1.92. The minimum Gasteiger partial charge on any atom is -0.329 e. The Balaban J connectivity index is 3.29. The van der Waals surface area contributed by atoms with Crippen LogP contribution in [0.1, 0.15) is 11.6 Å². The molecule has 0 amide bonds. The molecule has 0 fully saturated rings. The molecule has 1 rings (SSSR count). The van der Waals surface area contributed by atoms with Crippen LogP contribution in [0.25, 0.3) is 0 Å². The van der Waals surface area contributed by atoms with Crippen molar-refractivity contribution in [1.82, 2.24) is 0 Å². The van der Waals surface area contributed by atoms with E-state index in [0.717, 1.165) is 6.07 Å². The first kappa shape index (κ1) is 11.5. The van der Waals surface area contributed by atoms with Gasteiger partial charge in [-0.2, -0.15) is 4.39 Å². The number of nitro groups is 1. The van der Waals surface area contributed by atoms with E-state index in [1.165, 1.54) is 0 Å². The summed E-state index contributed by atoms with van der Waals surface area (Å²) in [4.78, 5) is 9.42. The fourth-order valence-electron chi connectivity index (χ4n) is 1.10. The van der Waals surface area contributed by atoms with E-state index >= 15 is 0 Å². The fourth-order valence-corrected chi connectivity index (χ4v) is 1.10. The fraction of sp³-hybridized carbons (Fsp3) is 0.250. The van der Waals surface area contributed by atoms with Crippen LogP contribution in [0.15, 0.2) is 12.1 Å². The highest BCUT2D eigenvalue weighted by atomic mass is 19.1. The molecule has 0 aliphatic heterocycles. The Bertz CT molecular complexity index is 398. The lowest BCUT2D eigenvalue weighted by molar-refractivity contribution is -0.387. The standard InChI is InChI=1S/C8H9F2N3O2/c9-5-2-6(10)8(13(14)15)1-4(5)7(12)3-11/h1-2,7H,3,11-12H2/t7-/m0/s1. The van der Waals surface area contributed by atoms with Gasteiger partial charge in [0, 0.05) is 30.3 Å². The van der Waals surface area contributed by atoms with Crippen LogP contribution in [0, 0.1) is 21.7 Å². The highest BCUT2D eigenvalue weighted by Crippen LogP contribution is 2.24. The molecule has 0 unspecified atom stereocenters. The molecule has 0 aromatic heterocycles. The summed E-state index contributed by atoms with van der Waals surface area (Å²) in [6.45, 7) is -0.0836. The minimum absolute atomic E-state index is 0.0836. The molecule has 0 bridgehead atoms. The van der Waals surface area contributed by atoms with Gasteiger partial charge in [-0.15, -0.1) is 0 Å². The predicted octanol–water partition coefficient (Wildman–Crippen LogP) is 0.832. The van der Waals surface area contributed by atoms with Crippen molar-refractivity contribution in [3.63, 3.8) is 0 Å². The molecule has 7 heteroatoms. The second-order valence-electron chi connectivity index (χ2n) is 2.92. The number of halogens is 2. The summed E-state index contributed by atoms with van der Waals surface area (Å²) in [6.07, 6.45) is 0. The maximum atomic E-state index is 13.1. The third kappa shape index (κ3) is 2.25. The van der Waals surface area contributed by atoms with Crippen molar-refractivity contribution in [2.24, 2.45) is 11.5 Å². The van der Waals surface area contributed by atoms with Gasteiger partial charge in [0.15, 0.2) is 0 Å². The molecule has 1 aromatic rings. The zero-order chi connectivity index (χ0) is 11.6. The Morgan fingerprint density at radius 2 is 2.00 bits per heavy atom. The van der Waals surface area contributed by atoms with E-state index in [2.05, 4.69) is 0 Å². The summed E-state index contributed by atoms with van der Waals surface area (Å²) in [7, 11) is 0. The Kier molecular flexibility index (Phi) is 3.28. The lowest BCUT2D eigenvalue weighted by Crippen LogP contribution is -2.22. The van der Waals surface area contributed by atoms with E-state index < -0.39 is 28.3 Å². The quantitative estimate of drug-likeness (QED) is 0.579. The van der Waals surface area contributed by atoms with Crippen LogP contribution in [-0.4, -0.2) is 11.5 Å². The Labute approximate surface area is 83.8 Å². The number of rotatable bonds is 3. The molecule has 0 spiro atoms. The maximum Gasteiger partial charge on any atom is 0.305 e. The minimum atomic E-state index is -1.23. The monoisotopic (exact) mass is 217 g/mol. The van der Waals surface area contributed by atoms with E-state index in [9.17, 15) is 18.9 Å². The predicted molar refractivity (Wildman–Crippen MR) is 49.0 cm³/mol. The second-order valence-corrected chi connectivity index (χ2v) is 2.92. The zero-order valence-electron chi connectivity index (χ0n) is 7.61. The van der Waals surface area contributed by atoms with Gasteiger partial charge in [-0.25, -0.2) is 4.39 Å². The Morgan fingerprint density at radius 1 is 1.40 bits per heavy atom. The van der Waals surface area contributed by atoms with Crippen molar-refractivity contribution >= 4 is 5.69 Å². The van der Waals surface area contributed by atoms with Gasteiger partial charge >= 0.3 is 5.69 Å². The number of nitrogens with two attached hydrogens (primary N) is 2. The topological polar surface area (TPSA) is 95.2 Å². The molecule has 0 aliphatic rings. The summed E-state index contributed by atoms with van der Waals surface area (Å²) in [6, 6.07) is 0.315. The van der Waals surface area contributed by atoms with Crippen molar-refractivity contribution in [3.8, 4) is 0 Å². The van der Waals surface area contributed by atoms with Gasteiger partial charge in [0.2, 0.25) is 5.82 Å². The lowest BCUT2D eigenvalue weighted by atomic mass is 10.1. The van der Waals surface area contributed by atoms with Crippen LogP contribution < -0.4 is 11.5 Å². The van der Waals surface area contributed by atoms with Gasteiger partial charge in [0.1, 0.15) is 5.82 Å². The highest BCUT2D eigenvalue weighted by molar-refractivity contribution is 5.38. The van der Waals surface area contributed by atoms with Gasteiger partial charge < -0.3 is 11.5 Å². The summed E-state index contributed by atoms with van der Waals surface area (Å²) >= 11 is 0. The SMILES string of the molecule is NC[C@H](N)c1cc([N+](=O)[O-])c(F)cc1F. The molecule has 4 N–H and O–H groups in total. The van der Waals surface area contributed by atoms with Crippen LogP contribution in [0.5, 0.6) is 0 Å². The van der Waals surface area contributed by atoms with Gasteiger partial charge in [0.05, 0.1) is 4.92 Å². The first-order valence-corrected chi connectivity index (χ1v) is 4.06. The van der Waals surface area contributed by atoms with Gasteiger partial charge in [0.25, 0.3) is 0 Å². The van der Waals surface area contributed by atoms with E-state index in [0.29, 0.717) is 6.07 Å². The zero-order valence-corrected chi connectivity index (χ0v) is 7.61. The molecule has 5 nitrogen and oxygen atoms in total. The molecule has 82 valence electrons. The third-order valence-corrected chi connectivity index (χ3v) is 1.92. The summed E-state index contributed by atoms with van der Waals surface area (Å²) in [5.74, 6) is -2.17. The molecular weight excluding hydrogens is 208 g/mol. The second kappa shape index (κ2) is 4.28. The molecule has 0 saturated heterocycles. The summed E-state index contributed by atoms with van der Waals surface area (Å²) in [5.41, 5.74) is 9.61. The van der Waals surface area contributed by atoms with Crippen LogP contribution in [0.2, 0.25) is 0 Å². The van der Waals surface area contributed by atoms with Crippen LogP contribution in [0.4, 0.5) is 14.5 Å². The average Bonchev–Trinajstić information content (AvgIpc) is 2.16. The van der Waals surface area contributed by atoms with E-state index in [1.54, 1.807) is 0 Å². The van der Waals surface area contributed by atoms with Crippen molar-refractivity contribution in [3.05, 3.63) is 39.4 Å². The van der Waals surface area contributed by atoms with Crippen molar-refractivity contribution in [2.75, 3.05) is 6.54 Å². The summed E-state index contributed by atoms with van der Waals surface area (Å²) in [5, 5.41) is 10.4. The molecule has 1 atom stereocenters. The number of hydrogen-bond acceptors (Lipinski definition) is 4. The van der Waals surface area contributed by atoms with Crippen LogP contribution in [-0.2, 0) is 0 Å². The molecule has 0 saturated carbocycles. The molecule has 0 radical (unpaired) electrons. The number of benzene rings is 1. The number of nitro benzene ring substituents is 1. The molecule has 0 heterocycles. The van der Waals surface area contributed by atoms with Crippen LogP contribution in [0.3, 0.4) is 0 Å². The molecular formula is C8H9F2N3O2. The van der Waals surface area contributed by atoms with Crippen molar-refractivity contribution in [2.45, 2.75) is 6.04 Å². The lowest BCUT2D eigenvalue weighted by Gasteiger charge is -2.09. The highest BCUT2D eigenvalue weighted by Gasteiger charge is 2.20. The van der Waals surface area contributed by atoms with Gasteiger partial charge in [-0.3, -0.25) is 10.1 Å². The molecule has 1 aromatic carbocycles. The molecule has 15 heavy (non-hydrogen) atoms. The first-order valence-electron chi connectivity index (χ1n) is 4.06. The van der Waals surface area contributed by atoms with E-state index in [-0.39, 0.29) is 12.1 Å². The van der Waals surface area contributed by atoms with Crippen LogP contribution >= 0.6 is 0 Å². The number of nitrogens with zero attached hydrogens (tertiary/aromatic N) is 1. The van der Waals surface area contributed by atoms with Gasteiger partial charge in [-0.05, 0) is 0 Å². The molecule has 0 aliphatic carbocycles.